The highest BCUT2D eigenvalue weighted by atomic mass is 35.5. The van der Waals surface area contributed by atoms with E-state index < -0.39 is 0 Å². The summed E-state index contributed by atoms with van der Waals surface area (Å²) in [4.78, 5) is 15.0. The van der Waals surface area contributed by atoms with Crippen LogP contribution in [0.15, 0.2) is 29.2 Å². The quantitative estimate of drug-likeness (QED) is 0.864. The number of halogens is 1. The Morgan fingerprint density at radius 1 is 1.50 bits per heavy atom. The number of amides is 1. The summed E-state index contributed by atoms with van der Waals surface area (Å²) in [5.74, 6) is 0.591. The van der Waals surface area contributed by atoms with Crippen molar-refractivity contribution in [1.82, 2.24) is 4.90 Å². The lowest BCUT2D eigenvalue weighted by atomic mass is 10.2. The average molecular weight is 285 g/mol. The first kappa shape index (κ1) is 13.7. The number of nitrogens with zero attached hydrogens (tertiary/aromatic N) is 1. The normalized spacial score (nSPS) is 19.2. The summed E-state index contributed by atoms with van der Waals surface area (Å²) in [6.07, 6.45) is 2.09. The Bertz CT molecular complexity index is 427. The van der Waals surface area contributed by atoms with Crippen molar-refractivity contribution in [3.05, 3.63) is 29.3 Å². The molecule has 98 valence electrons. The molecule has 0 aromatic heterocycles. The van der Waals surface area contributed by atoms with Crippen molar-refractivity contribution >= 4 is 29.3 Å². The minimum Gasteiger partial charge on any atom is -0.338 e. The van der Waals surface area contributed by atoms with E-state index in [1.807, 2.05) is 29.2 Å². The highest BCUT2D eigenvalue weighted by molar-refractivity contribution is 8.00. The molecule has 0 bridgehead atoms. The second-order valence-corrected chi connectivity index (χ2v) is 5.76. The standard InChI is InChI=1S/C13H17ClN2OS/c14-11-5-1-2-6-12(11)18-9-13(17)16-7-3-4-10(16)8-15/h1-2,5-6,10H,3-4,7-9,15H2. The molecule has 1 aromatic carbocycles. The summed E-state index contributed by atoms with van der Waals surface area (Å²) in [5.41, 5.74) is 5.67. The molecule has 1 aliphatic rings. The van der Waals surface area contributed by atoms with Crippen LogP contribution in [-0.2, 0) is 4.79 Å². The number of hydrogen-bond acceptors (Lipinski definition) is 3. The first-order valence-electron chi connectivity index (χ1n) is 6.09. The molecule has 1 aromatic rings. The van der Waals surface area contributed by atoms with Gasteiger partial charge in [-0.1, -0.05) is 23.7 Å². The van der Waals surface area contributed by atoms with Gasteiger partial charge in [0.15, 0.2) is 0 Å². The van der Waals surface area contributed by atoms with Crippen LogP contribution >= 0.6 is 23.4 Å². The summed E-state index contributed by atoms with van der Waals surface area (Å²) < 4.78 is 0. The molecule has 18 heavy (non-hydrogen) atoms. The van der Waals surface area contributed by atoms with Crippen molar-refractivity contribution in [2.24, 2.45) is 5.73 Å². The Balaban J connectivity index is 1.90. The molecule has 5 heteroatoms. The van der Waals surface area contributed by atoms with Crippen LogP contribution in [0.25, 0.3) is 0 Å². The molecular weight excluding hydrogens is 268 g/mol. The fourth-order valence-electron chi connectivity index (χ4n) is 2.19. The van der Waals surface area contributed by atoms with Crippen molar-refractivity contribution < 1.29 is 4.79 Å². The predicted octanol–water partition coefficient (Wildman–Crippen LogP) is 2.38. The third-order valence-electron chi connectivity index (χ3n) is 3.16. The number of likely N-dealkylation sites (tertiary alicyclic amines) is 1. The van der Waals surface area contributed by atoms with E-state index in [1.165, 1.54) is 11.8 Å². The minimum absolute atomic E-state index is 0.160. The number of thioether (sulfide) groups is 1. The molecule has 0 saturated carbocycles. The second-order valence-electron chi connectivity index (χ2n) is 4.34. The third-order valence-corrected chi connectivity index (χ3v) is 4.66. The predicted molar refractivity (Wildman–Crippen MR) is 76.0 cm³/mol. The van der Waals surface area contributed by atoms with Crippen LogP contribution in [-0.4, -0.2) is 35.7 Å². The van der Waals surface area contributed by atoms with Gasteiger partial charge in [0.2, 0.25) is 5.91 Å². The molecule has 1 fully saturated rings. The molecule has 2 N–H and O–H groups in total. The van der Waals surface area contributed by atoms with E-state index in [9.17, 15) is 4.79 Å². The highest BCUT2D eigenvalue weighted by Gasteiger charge is 2.27. The average Bonchev–Trinajstić information content (AvgIpc) is 2.86. The van der Waals surface area contributed by atoms with E-state index in [-0.39, 0.29) is 11.9 Å². The van der Waals surface area contributed by atoms with Crippen molar-refractivity contribution in [2.45, 2.75) is 23.8 Å². The zero-order valence-electron chi connectivity index (χ0n) is 10.1. The Kier molecular flexibility index (Phi) is 4.92. The highest BCUT2D eigenvalue weighted by Crippen LogP contribution is 2.27. The number of nitrogens with two attached hydrogens (primary N) is 1. The van der Waals surface area contributed by atoms with Gasteiger partial charge in [-0.2, -0.15) is 0 Å². The molecule has 1 atom stereocenters. The summed E-state index contributed by atoms with van der Waals surface area (Å²) in [7, 11) is 0. The van der Waals surface area contributed by atoms with Gasteiger partial charge in [-0.25, -0.2) is 0 Å². The third kappa shape index (κ3) is 3.19. The van der Waals surface area contributed by atoms with Crippen LogP contribution in [0.4, 0.5) is 0 Å². The van der Waals surface area contributed by atoms with Gasteiger partial charge in [0.25, 0.3) is 0 Å². The molecule has 0 radical (unpaired) electrons. The van der Waals surface area contributed by atoms with Crippen LogP contribution in [0.3, 0.4) is 0 Å². The van der Waals surface area contributed by atoms with Gasteiger partial charge in [0.1, 0.15) is 0 Å². The molecule has 1 heterocycles. The maximum absolute atomic E-state index is 12.1. The van der Waals surface area contributed by atoms with Gasteiger partial charge in [-0.3, -0.25) is 4.79 Å². The SMILES string of the molecule is NCC1CCCN1C(=O)CSc1ccccc1Cl. The Morgan fingerprint density at radius 2 is 2.28 bits per heavy atom. The van der Waals surface area contributed by atoms with Crippen LogP contribution in [0.5, 0.6) is 0 Å². The second kappa shape index (κ2) is 6.45. The van der Waals surface area contributed by atoms with Crippen LogP contribution in [0.2, 0.25) is 5.02 Å². The number of benzene rings is 1. The minimum atomic E-state index is 0.160. The van der Waals surface area contributed by atoms with E-state index in [1.54, 1.807) is 0 Å². The molecule has 0 aliphatic carbocycles. The van der Waals surface area contributed by atoms with E-state index in [4.69, 9.17) is 17.3 Å². The van der Waals surface area contributed by atoms with Crippen LogP contribution < -0.4 is 5.73 Å². The fourth-order valence-corrected chi connectivity index (χ4v) is 3.32. The Morgan fingerprint density at radius 3 is 3.00 bits per heavy atom. The van der Waals surface area contributed by atoms with E-state index in [0.29, 0.717) is 17.3 Å². The number of carbonyl (C=O) groups is 1. The maximum Gasteiger partial charge on any atom is 0.233 e. The lowest BCUT2D eigenvalue weighted by Gasteiger charge is -2.23. The smallest absolute Gasteiger partial charge is 0.233 e. The van der Waals surface area contributed by atoms with Crippen molar-refractivity contribution in [1.29, 1.82) is 0 Å². The number of hydrogen-bond donors (Lipinski definition) is 1. The monoisotopic (exact) mass is 284 g/mol. The maximum atomic E-state index is 12.1. The van der Waals surface area contributed by atoms with E-state index in [2.05, 4.69) is 0 Å². The van der Waals surface area contributed by atoms with Gasteiger partial charge in [-0.05, 0) is 25.0 Å². The van der Waals surface area contributed by atoms with Crippen molar-refractivity contribution in [3.63, 3.8) is 0 Å². The van der Waals surface area contributed by atoms with Gasteiger partial charge in [0, 0.05) is 24.0 Å². The first-order valence-corrected chi connectivity index (χ1v) is 7.45. The molecule has 1 unspecified atom stereocenters. The molecular formula is C13H17ClN2OS. The van der Waals surface area contributed by atoms with Crippen molar-refractivity contribution in [2.75, 3.05) is 18.8 Å². The Hall–Kier alpha value is -0.710. The van der Waals surface area contributed by atoms with Crippen LogP contribution in [0, 0.1) is 0 Å². The van der Waals surface area contributed by atoms with E-state index in [0.717, 1.165) is 24.3 Å². The zero-order valence-corrected chi connectivity index (χ0v) is 11.7. The molecule has 3 nitrogen and oxygen atoms in total. The number of carbonyl (C=O) groups excluding carboxylic acids is 1. The molecule has 1 aliphatic heterocycles. The summed E-state index contributed by atoms with van der Waals surface area (Å²) in [6, 6.07) is 7.82. The van der Waals surface area contributed by atoms with Gasteiger partial charge in [-0.15, -0.1) is 11.8 Å². The molecule has 1 amide bonds. The van der Waals surface area contributed by atoms with E-state index >= 15 is 0 Å². The lowest BCUT2D eigenvalue weighted by molar-refractivity contribution is -0.128. The Labute approximate surface area is 117 Å². The fraction of sp³-hybridized carbons (Fsp3) is 0.462. The topological polar surface area (TPSA) is 46.3 Å². The lowest BCUT2D eigenvalue weighted by Crippen LogP contribution is -2.40. The summed E-state index contributed by atoms with van der Waals surface area (Å²) >= 11 is 7.55. The summed E-state index contributed by atoms with van der Waals surface area (Å²) in [6.45, 7) is 1.40. The van der Waals surface area contributed by atoms with Gasteiger partial charge in [0.05, 0.1) is 10.8 Å². The first-order chi connectivity index (χ1) is 8.72. The van der Waals surface area contributed by atoms with Crippen LogP contribution in [0.1, 0.15) is 12.8 Å². The zero-order chi connectivity index (χ0) is 13.0. The number of rotatable bonds is 4. The summed E-state index contributed by atoms with van der Waals surface area (Å²) in [5, 5.41) is 0.701. The molecule has 2 rings (SSSR count). The van der Waals surface area contributed by atoms with Crippen molar-refractivity contribution in [3.8, 4) is 0 Å². The van der Waals surface area contributed by atoms with Gasteiger partial charge < -0.3 is 10.6 Å². The van der Waals surface area contributed by atoms with Gasteiger partial charge >= 0.3 is 0 Å². The molecule has 0 spiro atoms. The molecule has 1 saturated heterocycles. The largest absolute Gasteiger partial charge is 0.338 e.